The second-order valence-electron chi connectivity index (χ2n) is 5.37. The maximum absolute atomic E-state index is 11.7. The van der Waals surface area contributed by atoms with E-state index in [0.29, 0.717) is 13.0 Å². The molecule has 0 spiro atoms. The smallest absolute Gasteiger partial charge is 0.220 e. The molecule has 0 aromatic rings. The number of carbonyl (C=O) groups is 1. The van der Waals surface area contributed by atoms with Crippen molar-refractivity contribution in [1.82, 2.24) is 5.32 Å². The van der Waals surface area contributed by atoms with Crippen LogP contribution in [0.3, 0.4) is 0 Å². The molecule has 1 fully saturated rings. The fourth-order valence-corrected chi connectivity index (χ4v) is 2.31. The molecule has 17 heavy (non-hydrogen) atoms. The Hall–Kier alpha value is -0.610. The average Bonchev–Trinajstić information content (AvgIpc) is 2.28. The van der Waals surface area contributed by atoms with E-state index in [-0.39, 0.29) is 23.5 Å². The van der Waals surface area contributed by atoms with Crippen LogP contribution in [0.25, 0.3) is 0 Å². The molecule has 0 aromatic heterocycles. The van der Waals surface area contributed by atoms with Crippen molar-refractivity contribution in [3.63, 3.8) is 0 Å². The molecule has 0 radical (unpaired) electrons. The zero-order valence-corrected chi connectivity index (χ0v) is 11.3. The third-order valence-electron chi connectivity index (χ3n) is 3.74. The van der Waals surface area contributed by atoms with Gasteiger partial charge in [-0.15, -0.1) is 0 Å². The minimum Gasteiger partial charge on any atom is -0.378 e. The lowest BCUT2D eigenvalue weighted by Crippen LogP contribution is -2.62. The van der Waals surface area contributed by atoms with E-state index >= 15 is 0 Å². The van der Waals surface area contributed by atoms with Crippen LogP contribution in [0.5, 0.6) is 0 Å². The van der Waals surface area contributed by atoms with Gasteiger partial charge in [0.15, 0.2) is 0 Å². The molecule has 0 saturated heterocycles. The molecule has 0 aliphatic heterocycles. The van der Waals surface area contributed by atoms with Crippen LogP contribution in [0.15, 0.2) is 0 Å². The number of hydrogen-bond donors (Lipinski definition) is 2. The minimum absolute atomic E-state index is 0.0551. The maximum Gasteiger partial charge on any atom is 0.220 e. The molecule has 1 aliphatic carbocycles. The summed E-state index contributed by atoms with van der Waals surface area (Å²) in [5, 5.41) is 3.09. The first kappa shape index (κ1) is 14.5. The summed E-state index contributed by atoms with van der Waals surface area (Å²) in [6.45, 7) is 7.72. The lowest BCUT2D eigenvalue weighted by atomic mass is 9.64. The first-order chi connectivity index (χ1) is 8.02. The van der Waals surface area contributed by atoms with Gasteiger partial charge in [0.25, 0.3) is 0 Å². The number of carbonyl (C=O) groups excluding carboxylic acids is 1. The van der Waals surface area contributed by atoms with Crippen LogP contribution >= 0.6 is 0 Å². The number of nitrogens with one attached hydrogen (secondary N) is 1. The predicted molar refractivity (Wildman–Crippen MR) is 68.6 cm³/mol. The topological polar surface area (TPSA) is 64.3 Å². The summed E-state index contributed by atoms with van der Waals surface area (Å²) in [7, 11) is 0. The Bertz CT molecular complexity index is 254. The lowest BCUT2D eigenvalue weighted by Gasteiger charge is -2.51. The quantitative estimate of drug-likeness (QED) is 0.664. The molecule has 0 bridgehead atoms. The molecule has 1 aliphatic rings. The van der Waals surface area contributed by atoms with Crippen LogP contribution in [-0.4, -0.2) is 31.2 Å². The molecular formula is C13H26N2O2. The van der Waals surface area contributed by atoms with E-state index in [1.807, 2.05) is 6.92 Å². The van der Waals surface area contributed by atoms with Crippen molar-refractivity contribution in [3.8, 4) is 0 Å². The summed E-state index contributed by atoms with van der Waals surface area (Å²) < 4.78 is 5.64. The Balaban J connectivity index is 2.27. The second kappa shape index (κ2) is 6.36. The average molecular weight is 242 g/mol. The second-order valence-corrected chi connectivity index (χ2v) is 5.37. The summed E-state index contributed by atoms with van der Waals surface area (Å²) in [4.78, 5) is 11.7. The van der Waals surface area contributed by atoms with Crippen LogP contribution in [0.2, 0.25) is 0 Å². The number of nitrogens with two attached hydrogens (primary N) is 1. The van der Waals surface area contributed by atoms with Crippen LogP contribution in [0, 0.1) is 5.41 Å². The van der Waals surface area contributed by atoms with Crippen molar-refractivity contribution in [1.29, 1.82) is 0 Å². The molecule has 0 heterocycles. The third kappa shape index (κ3) is 3.68. The monoisotopic (exact) mass is 242 g/mol. The van der Waals surface area contributed by atoms with Gasteiger partial charge in [-0.1, -0.05) is 13.8 Å². The Morgan fingerprint density at radius 3 is 2.71 bits per heavy atom. The molecule has 1 rings (SSSR count). The van der Waals surface area contributed by atoms with Gasteiger partial charge < -0.3 is 15.8 Å². The number of amides is 1. The van der Waals surface area contributed by atoms with Crippen LogP contribution in [-0.2, 0) is 9.53 Å². The van der Waals surface area contributed by atoms with Gasteiger partial charge in [0.1, 0.15) is 0 Å². The van der Waals surface area contributed by atoms with Gasteiger partial charge in [-0.2, -0.15) is 0 Å². The summed E-state index contributed by atoms with van der Waals surface area (Å²) in [5.41, 5.74) is 5.45. The largest absolute Gasteiger partial charge is 0.378 e. The number of hydrogen-bond acceptors (Lipinski definition) is 3. The van der Waals surface area contributed by atoms with Gasteiger partial charge in [0.05, 0.1) is 6.10 Å². The van der Waals surface area contributed by atoms with Gasteiger partial charge in [-0.25, -0.2) is 0 Å². The van der Waals surface area contributed by atoms with Crippen molar-refractivity contribution >= 4 is 5.91 Å². The summed E-state index contributed by atoms with van der Waals surface area (Å²) >= 11 is 0. The van der Waals surface area contributed by atoms with Crippen LogP contribution < -0.4 is 11.1 Å². The highest BCUT2D eigenvalue weighted by Gasteiger charge is 2.49. The third-order valence-corrected chi connectivity index (χ3v) is 3.74. The fraction of sp³-hybridized carbons (Fsp3) is 0.923. The summed E-state index contributed by atoms with van der Waals surface area (Å²) in [5.74, 6) is 0.145. The van der Waals surface area contributed by atoms with E-state index in [9.17, 15) is 4.79 Å². The van der Waals surface area contributed by atoms with Gasteiger partial charge in [-0.05, 0) is 32.7 Å². The Morgan fingerprint density at radius 2 is 2.18 bits per heavy atom. The van der Waals surface area contributed by atoms with Crippen molar-refractivity contribution in [2.24, 2.45) is 11.1 Å². The molecule has 0 aromatic carbocycles. The predicted octanol–water partition coefficient (Wildman–Crippen LogP) is 1.44. The molecule has 1 amide bonds. The van der Waals surface area contributed by atoms with E-state index in [1.54, 1.807) is 0 Å². The summed E-state index contributed by atoms with van der Waals surface area (Å²) in [6.07, 6.45) is 3.60. The van der Waals surface area contributed by atoms with E-state index in [2.05, 4.69) is 19.2 Å². The number of rotatable bonds is 7. The van der Waals surface area contributed by atoms with Crippen LogP contribution in [0.1, 0.15) is 46.5 Å². The molecule has 2 unspecified atom stereocenters. The normalized spacial score (nSPS) is 26.4. The van der Waals surface area contributed by atoms with E-state index in [0.717, 1.165) is 25.9 Å². The number of ether oxygens (including phenoxy) is 1. The molecule has 4 heteroatoms. The van der Waals surface area contributed by atoms with Gasteiger partial charge >= 0.3 is 0 Å². The van der Waals surface area contributed by atoms with Crippen molar-refractivity contribution in [2.75, 3.05) is 13.2 Å². The maximum atomic E-state index is 11.7. The van der Waals surface area contributed by atoms with Gasteiger partial charge in [-0.3, -0.25) is 4.79 Å². The Labute approximate surface area is 104 Å². The molecule has 100 valence electrons. The highest BCUT2D eigenvalue weighted by molar-refractivity contribution is 5.76. The zero-order chi connectivity index (χ0) is 12.9. The zero-order valence-electron chi connectivity index (χ0n) is 11.3. The lowest BCUT2D eigenvalue weighted by molar-refractivity contribution is -0.136. The van der Waals surface area contributed by atoms with E-state index < -0.39 is 0 Å². The number of unbranched alkanes of at least 4 members (excludes halogenated alkanes) is 1. The van der Waals surface area contributed by atoms with Crippen molar-refractivity contribution < 1.29 is 9.53 Å². The Morgan fingerprint density at radius 1 is 1.47 bits per heavy atom. The van der Waals surface area contributed by atoms with Crippen molar-refractivity contribution in [2.45, 2.75) is 58.6 Å². The standard InChI is InChI=1S/C13H26N2O2/c1-4-17-11-9-10(13(11,2)3)15-12(16)7-5-6-8-14/h10-11H,4-9,14H2,1-3H3,(H,15,16). The Kier molecular flexibility index (Phi) is 5.40. The summed E-state index contributed by atoms with van der Waals surface area (Å²) in [6, 6.07) is 0.254. The SMILES string of the molecule is CCOC1CC(NC(=O)CCCCN)C1(C)C. The van der Waals surface area contributed by atoms with Gasteiger partial charge in [0, 0.05) is 24.5 Å². The molecule has 2 atom stereocenters. The van der Waals surface area contributed by atoms with Crippen LogP contribution in [0.4, 0.5) is 0 Å². The van der Waals surface area contributed by atoms with Crippen molar-refractivity contribution in [3.05, 3.63) is 0 Å². The first-order valence-electron chi connectivity index (χ1n) is 6.63. The first-order valence-corrected chi connectivity index (χ1v) is 6.63. The van der Waals surface area contributed by atoms with E-state index in [4.69, 9.17) is 10.5 Å². The molecule has 4 nitrogen and oxygen atoms in total. The molecule has 1 saturated carbocycles. The molecule has 3 N–H and O–H groups in total. The highest BCUT2D eigenvalue weighted by Crippen LogP contribution is 2.42. The fourth-order valence-electron chi connectivity index (χ4n) is 2.31. The van der Waals surface area contributed by atoms with Gasteiger partial charge in [0.2, 0.25) is 5.91 Å². The molecular weight excluding hydrogens is 216 g/mol. The minimum atomic E-state index is 0.0551. The highest BCUT2D eigenvalue weighted by atomic mass is 16.5. The van der Waals surface area contributed by atoms with E-state index in [1.165, 1.54) is 0 Å².